The molecule has 68 heavy (non-hydrogen) atoms. The second-order valence-corrected chi connectivity index (χ2v) is 18.0. The van der Waals surface area contributed by atoms with Gasteiger partial charge in [-0.1, -0.05) is 237 Å². The number of anilines is 3. The number of nitrogens with zero attached hydrogens (tertiary/aromatic N) is 1. The molecule has 318 valence electrons. The van der Waals surface area contributed by atoms with Gasteiger partial charge in [-0.2, -0.15) is 0 Å². The summed E-state index contributed by atoms with van der Waals surface area (Å²) in [7, 11) is 0. The lowest BCUT2D eigenvalue weighted by Gasteiger charge is -2.34. The largest absolute Gasteiger partial charge is 0.310 e. The molecular formula is C67H45N. The highest BCUT2D eigenvalue weighted by molar-refractivity contribution is 6.09. The van der Waals surface area contributed by atoms with E-state index in [4.69, 9.17) is 0 Å². The van der Waals surface area contributed by atoms with Crippen LogP contribution in [0, 0.1) is 0 Å². The SMILES string of the molecule is c1ccc(C2(c3ccccc3)c3ccccc3-c3c(-c4cccc5c(N(c6ccc(-c7ccc8ccccc8c7)cc6)c6ccc(-c7cccc8ccccc78)cc6)cccc45)cccc32)cc1. The van der Waals surface area contributed by atoms with E-state index in [-0.39, 0.29) is 0 Å². The van der Waals surface area contributed by atoms with Crippen LogP contribution in [-0.4, -0.2) is 0 Å². The van der Waals surface area contributed by atoms with Gasteiger partial charge in [0.1, 0.15) is 0 Å². The van der Waals surface area contributed by atoms with Crippen LogP contribution in [0.15, 0.2) is 273 Å². The zero-order valence-electron chi connectivity index (χ0n) is 37.4. The van der Waals surface area contributed by atoms with E-state index in [1.807, 2.05) is 0 Å². The van der Waals surface area contributed by atoms with Gasteiger partial charge in [0, 0.05) is 16.8 Å². The van der Waals surface area contributed by atoms with Gasteiger partial charge in [-0.15, -0.1) is 0 Å². The fourth-order valence-electron chi connectivity index (χ4n) is 11.3. The van der Waals surface area contributed by atoms with Gasteiger partial charge in [-0.25, -0.2) is 0 Å². The number of fused-ring (bicyclic) bond motifs is 6. The highest BCUT2D eigenvalue weighted by atomic mass is 15.1. The summed E-state index contributed by atoms with van der Waals surface area (Å²) in [5.41, 5.74) is 17.8. The van der Waals surface area contributed by atoms with E-state index in [2.05, 4.69) is 278 Å². The van der Waals surface area contributed by atoms with Crippen molar-refractivity contribution in [2.24, 2.45) is 0 Å². The molecule has 0 fully saturated rings. The average molecular weight is 864 g/mol. The van der Waals surface area contributed by atoms with Crippen molar-refractivity contribution in [1.82, 2.24) is 0 Å². The minimum Gasteiger partial charge on any atom is -0.310 e. The van der Waals surface area contributed by atoms with E-state index in [0.29, 0.717) is 0 Å². The molecule has 1 nitrogen and oxygen atoms in total. The lowest BCUT2D eigenvalue weighted by molar-refractivity contribution is 0.768. The van der Waals surface area contributed by atoms with Crippen molar-refractivity contribution in [3.63, 3.8) is 0 Å². The molecule has 0 heterocycles. The van der Waals surface area contributed by atoms with E-state index in [1.165, 1.54) is 99.1 Å². The van der Waals surface area contributed by atoms with Gasteiger partial charge >= 0.3 is 0 Å². The molecule has 13 rings (SSSR count). The molecule has 0 saturated carbocycles. The van der Waals surface area contributed by atoms with Gasteiger partial charge in [-0.05, 0) is 130 Å². The van der Waals surface area contributed by atoms with Crippen molar-refractivity contribution in [2.45, 2.75) is 5.41 Å². The monoisotopic (exact) mass is 863 g/mol. The predicted molar refractivity (Wildman–Crippen MR) is 287 cm³/mol. The lowest BCUT2D eigenvalue weighted by atomic mass is 9.67. The topological polar surface area (TPSA) is 3.24 Å². The molecule has 0 N–H and O–H groups in total. The van der Waals surface area contributed by atoms with Crippen molar-refractivity contribution in [3.05, 3.63) is 295 Å². The first-order valence-electron chi connectivity index (χ1n) is 23.6. The minimum atomic E-state index is -0.478. The average Bonchev–Trinajstić information content (AvgIpc) is 3.73. The van der Waals surface area contributed by atoms with Crippen LogP contribution in [0.25, 0.3) is 76.8 Å². The van der Waals surface area contributed by atoms with Gasteiger partial charge in [0.15, 0.2) is 0 Å². The number of hydrogen-bond acceptors (Lipinski definition) is 1. The molecule has 0 aliphatic heterocycles. The van der Waals surface area contributed by atoms with E-state index < -0.39 is 5.41 Å². The standard InChI is InChI=1S/C67H45N/c1-3-21-52(22-4-1)67(53-23-5-2-6-24-53)63-32-12-11-26-62(63)66-61(31-15-33-64(66)67)59-28-14-30-60-58(59)29-16-34-65(60)68(54-41-37-47(38-42-54)51-36-35-46-17-7-8-19-50(46)45-51)55-43-39-49(40-44-55)57-27-13-20-48-18-9-10-25-56(48)57/h1-45H. The van der Waals surface area contributed by atoms with Crippen LogP contribution in [0.5, 0.6) is 0 Å². The summed E-state index contributed by atoms with van der Waals surface area (Å²) in [6.45, 7) is 0. The summed E-state index contributed by atoms with van der Waals surface area (Å²) in [6, 6.07) is 101. The Labute approximate surface area is 397 Å². The normalized spacial score (nSPS) is 12.5. The first-order chi connectivity index (χ1) is 33.7. The van der Waals surface area contributed by atoms with Crippen LogP contribution in [0.2, 0.25) is 0 Å². The van der Waals surface area contributed by atoms with Gasteiger partial charge in [0.25, 0.3) is 0 Å². The van der Waals surface area contributed by atoms with Crippen LogP contribution in [-0.2, 0) is 5.41 Å². The molecule has 0 amide bonds. The Balaban J connectivity index is 0.990. The molecule has 0 bridgehead atoms. The van der Waals surface area contributed by atoms with Gasteiger partial charge in [0.05, 0.1) is 11.1 Å². The lowest BCUT2D eigenvalue weighted by Crippen LogP contribution is -2.28. The van der Waals surface area contributed by atoms with Crippen molar-refractivity contribution in [1.29, 1.82) is 0 Å². The first-order valence-corrected chi connectivity index (χ1v) is 23.6. The maximum Gasteiger partial charge on any atom is 0.0713 e. The van der Waals surface area contributed by atoms with Crippen LogP contribution in [0.1, 0.15) is 22.3 Å². The summed E-state index contributed by atoms with van der Waals surface area (Å²) in [5.74, 6) is 0. The highest BCUT2D eigenvalue weighted by Crippen LogP contribution is 2.58. The maximum absolute atomic E-state index is 2.43. The molecule has 0 spiro atoms. The number of rotatable bonds is 8. The smallest absolute Gasteiger partial charge is 0.0713 e. The highest BCUT2D eigenvalue weighted by Gasteiger charge is 2.46. The summed E-state index contributed by atoms with van der Waals surface area (Å²) in [5, 5.41) is 7.38. The van der Waals surface area contributed by atoms with Gasteiger partial charge < -0.3 is 4.90 Å². The summed E-state index contributed by atoms with van der Waals surface area (Å²) in [6.07, 6.45) is 0. The molecule has 1 heteroatoms. The Kier molecular flexibility index (Phi) is 9.47. The van der Waals surface area contributed by atoms with E-state index in [1.54, 1.807) is 0 Å². The van der Waals surface area contributed by atoms with Crippen molar-refractivity contribution >= 4 is 49.4 Å². The summed E-state index contributed by atoms with van der Waals surface area (Å²) in [4.78, 5) is 2.43. The molecule has 1 aliphatic carbocycles. The van der Waals surface area contributed by atoms with Crippen LogP contribution >= 0.6 is 0 Å². The van der Waals surface area contributed by atoms with Gasteiger partial charge in [-0.3, -0.25) is 0 Å². The van der Waals surface area contributed by atoms with E-state index in [0.717, 1.165) is 17.1 Å². The fraction of sp³-hybridized carbons (Fsp3) is 0.0149. The zero-order valence-corrected chi connectivity index (χ0v) is 37.4. The Bertz CT molecular complexity index is 3790. The van der Waals surface area contributed by atoms with E-state index in [9.17, 15) is 0 Å². The third kappa shape index (κ3) is 6.32. The zero-order chi connectivity index (χ0) is 45.0. The number of benzene rings is 12. The van der Waals surface area contributed by atoms with Crippen molar-refractivity contribution < 1.29 is 0 Å². The Morgan fingerprint density at radius 2 is 0.765 bits per heavy atom. The first kappa shape index (κ1) is 39.6. The Morgan fingerprint density at radius 1 is 0.265 bits per heavy atom. The second-order valence-electron chi connectivity index (χ2n) is 18.0. The van der Waals surface area contributed by atoms with Crippen LogP contribution in [0.4, 0.5) is 17.1 Å². The van der Waals surface area contributed by atoms with Crippen LogP contribution in [0.3, 0.4) is 0 Å². The summed E-state index contributed by atoms with van der Waals surface area (Å²) < 4.78 is 0. The third-order valence-electron chi connectivity index (χ3n) is 14.3. The Hall–Kier alpha value is -8.78. The minimum absolute atomic E-state index is 0.478. The fourth-order valence-corrected chi connectivity index (χ4v) is 11.3. The maximum atomic E-state index is 2.43. The molecule has 12 aromatic rings. The Morgan fingerprint density at radius 3 is 1.53 bits per heavy atom. The molecule has 0 saturated heterocycles. The molecule has 1 aliphatic rings. The predicted octanol–water partition coefficient (Wildman–Crippen LogP) is 18.0. The van der Waals surface area contributed by atoms with Crippen molar-refractivity contribution in [2.75, 3.05) is 4.90 Å². The molecule has 0 radical (unpaired) electrons. The quantitative estimate of drug-likeness (QED) is 0.147. The van der Waals surface area contributed by atoms with Crippen molar-refractivity contribution in [3.8, 4) is 44.5 Å². The van der Waals surface area contributed by atoms with E-state index >= 15 is 0 Å². The molecule has 12 aromatic carbocycles. The molecule has 0 atom stereocenters. The summed E-state index contributed by atoms with van der Waals surface area (Å²) >= 11 is 0. The van der Waals surface area contributed by atoms with Gasteiger partial charge in [0.2, 0.25) is 0 Å². The molecule has 0 aromatic heterocycles. The molecular weight excluding hydrogens is 819 g/mol. The van der Waals surface area contributed by atoms with Crippen LogP contribution < -0.4 is 4.90 Å². The second kappa shape index (κ2) is 16.3. The molecule has 0 unspecified atom stereocenters. The third-order valence-corrected chi connectivity index (χ3v) is 14.3. The number of hydrogen-bond donors (Lipinski definition) is 0.